The summed E-state index contributed by atoms with van der Waals surface area (Å²) >= 11 is 0. The summed E-state index contributed by atoms with van der Waals surface area (Å²) in [6.45, 7) is 12.3. The molecule has 0 bridgehead atoms. The first-order valence-electron chi connectivity index (χ1n) is 8.74. The molecule has 1 aliphatic heterocycles. The van der Waals surface area contributed by atoms with Crippen LogP contribution in [0.25, 0.3) is 0 Å². The highest BCUT2D eigenvalue weighted by atomic mass is 16.6. The smallest absolute Gasteiger partial charge is 0.410 e. The number of rotatable bonds is 3. The van der Waals surface area contributed by atoms with Crippen LogP contribution in [0.3, 0.4) is 0 Å². The minimum absolute atomic E-state index is 0.216. The van der Waals surface area contributed by atoms with E-state index in [4.69, 9.17) is 9.47 Å². The Kier molecular flexibility index (Phi) is 5.95. The summed E-state index contributed by atoms with van der Waals surface area (Å²) in [5.41, 5.74) is 0.435. The zero-order valence-corrected chi connectivity index (χ0v) is 16.0. The highest BCUT2D eigenvalue weighted by Gasteiger charge is 2.38. The van der Waals surface area contributed by atoms with Gasteiger partial charge in [-0.15, -0.1) is 0 Å². The predicted molar refractivity (Wildman–Crippen MR) is 99.7 cm³/mol. The van der Waals surface area contributed by atoms with Crippen LogP contribution in [0.5, 0.6) is 0 Å². The molecule has 1 aromatic rings. The molecule has 6 heteroatoms. The van der Waals surface area contributed by atoms with Gasteiger partial charge in [0, 0.05) is 6.54 Å². The highest BCUT2D eigenvalue weighted by molar-refractivity contribution is 5.71. The zero-order chi connectivity index (χ0) is 19.4. The average Bonchev–Trinajstić information content (AvgIpc) is 2.54. The van der Waals surface area contributed by atoms with E-state index in [1.165, 1.54) is 0 Å². The molecule has 0 aromatic heterocycles. The molecule has 0 aliphatic carbocycles. The summed E-state index contributed by atoms with van der Waals surface area (Å²) in [4.78, 5) is 26.2. The molecule has 1 saturated heterocycles. The van der Waals surface area contributed by atoms with Gasteiger partial charge in [0.25, 0.3) is 0 Å². The Labute approximate surface area is 155 Å². The van der Waals surface area contributed by atoms with Gasteiger partial charge in [-0.2, -0.15) is 0 Å². The lowest BCUT2D eigenvalue weighted by molar-refractivity contribution is 0.0415. The first-order valence-corrected chi connectivity index (χ1v) is 8.74. The minimum Gasteiger partial charge on any atom is -0.445 e. The van der Waals surface area contributed by atoms with E-state index in [1.807, 2.05) is 37.3 Å². The molecule has 142 valence electrons. The van der Waals surface area contributed by atoms with E-state index < -0.39 is 23.3 Å². The Bertz CT molecular complexity index is 666. The van der Waals surface area contributed by atoms with Crippen molar-refractivity contribution in [1.82, 2.24) is 10.2 Å². The topological polar surface area (TPSA) is 67.9 Å². The van der Waals surface area contributed by atoms with Crippen molar-refractivity contribution in [3.63, 3.8) is 0 Å². The maximum absolute atomic E-state index is 12.4. The van der Waals surface area contributed by atoms with Crippen LogP contribution in [0.15, 0.2) is 42.5 Å². The monoisotopic (exact) mass is 360 g/mol. The van der Waals surface area contributed by atoms with Crippen molar-refractivity contribution in [2.24, 2.45) is 0 Å². The summed E-state index contributed by atoms with van der Waals surface area (Å²) in [5, 5.41) is 2.85. The van der Waals surface area contributed by atoms with E-state index in [0.717, 1.165) is 11.1 Å². The van der Waals surface area contributed by atoms with Crippen LogP contribution < -0.4 is 5.32 Å². The number of carbonyl (C=O) groups is 2. The largest absolute Gasteiger partial charge is 0.445 e. The molecular weight excluding hydrogens is 332 g/mol. The van der Waals surface area contributed by atoms with Gasteiger partial charge >= 0.3 is 12.2 Å². The zero-order valence-electron chi connectivity index (χ0n) is 16.0. The minimum atomic E-state index is -0.758. The molecule has 1 unspecified atom stereocenters. The van der Waals surface area contributed by atoms with Gasteiger partial charge in [-0.25, -0.2) is 9.59 Å². The Morgan fingerprint density at radius 3 is 2.54 bits per heavy atom. The molecule has 0 spiro atoms. The second kappa shape index (κ2) is 7.81. The molecule has 2 rings (SSSR count). The van der Waals surface area contributed by atoms with E-state index in [-0.39, 0.29) is 6.61 Å². The Hall–Kier alpha value is -2.50. The molecular formula is C20H28N2O4. The number of carbonyl (C=O) groups excluding carboxylic acids is 2. The summed E-state index contributed by atoms with van der Waals surface area (Å²) in [6.07, 6.45) is -0.341. The first-order chi connectivity index (χ1) is 12.1. The van der Waals surface area contributed by atoms with Crippen LogP contribution in [0.1, 0.15) is 39.7 Å². The third-order valence-electron chi connectivity index (χ3n) is 4.21. The van der Waals surface area contributed by atoms with Gasteiger partial charge in [-0.05, 0) is 45.3 Å². The van der Waals surface area contributed by atoms with Gasteiger partial charge in [0.2, 0.25) is 0 Å². The Morgan fingerprint density at radius 1 is 1.27 bits per heavy atom. The van der Waals surface area contributed by atoms with Crippen LogP contribution >= 0.6 is 0 Å². The SMILES string of the molecule is C=C1CCN(C(=O)OCc2ccccc2)CC1(C)NC(=O)OC(C)(C)C. The van der Waals surface area contributed by atoms with E-state index in [9.17, 15) is 9.59 Å². The van der Waals surface area contributed by atoms with E-state index in [1.54, 1.807) is 25.7 Å². The fourth-order valence-corrected chi connectivity index (χ4v) is 2.74. The summed E-state index contributed by atoms with van der Waals surface area (Å²) < 4.78 is 10.7. The van der Waals surface area contributed by atoms with Crippen molar-refractivity contribution >= 4 is 12.2 Å². The van der Waals surface area contributed by atoms with Gasteiger partial charge in [0.05, 0.1) is 12.1 Å². The molecule has 0 saturated carbocycles. The van der Waals surface area contributed by atoms with Gasteiger partial charge in [-0.1, -0.05) is 36.9 Å². The number of piperidine rings is 1. The average molecular weight is 360 g/mol. The fourth-order valence-electron chi connectivity index (χ4n) is 2.74. The molecule has 1 aromatic carbocycles. The number of amides is 2. The molecule has 1 fully saturated rings. The number of ether oxygens (including phenoxy) is 2. The van der Waals surface area contributed by atoms with E-state index in [0.29, 0.717) is 19.5 Å². The lowest BCUT2D eigenvalue weighted by atomic mass is 9.86. The van der Waals surface area contributed by atoms with E-state index in [2.05, 4.69) is 11.9 Å². The van der Waals surface area contributed by atoms with Gasteiger partial charge in [-0.3, -0.25) is 0 Å². The summed E-state index contributed by atoms with van der Waals surface area (Å²) in [7, 11) is 0. The molecule has 1 heterocycles. The summed E-state index contributed by atoms with van der Waals surface area (Å²) in [6, 6.07) is 9.51. The van der Waals surface area contributed by atoms with Gasteiger partial charge < -0.3 is 19.7 Å². The maximum atomic E-state index is 12.4. The number of hydrogen-bond donors (Lipinski definition) is 1. The summed E-state index contributed by atoms with van der Waals surface area (Å²) in [5.74, 6) is 0. The van der Waals surface area contributed by atoms with Crippen molar-refractivity contribution in [3.05, 3.63) is 48.0 Å². The van der Waals surface area contributed by atoms with Crippen LogP contribution in [0.4, 0.5) is 9.59 Å². The number of benzene rings is 1. The highest BCUT2D eigenvalue weighted by Crippen LogP contribution is 2.26. The van der Waals surface area contributed by atoms with Gasteiger partial charge in [0.1, 0.15) is 12.2 Å². The fraction of sp³-hybridized carbons (Fsp3) is 0.500. The van der Waals surface area contributed by atoms with Crippen molar-refractivity contribution < 1.29 is 19.1 Å². The Morgan fingerprint density at radius 2 is 1.92 bits per heavy atom. The third-order valence-corrected chi connectivity index (χ3v) is 4.21. The van der Waals surface area contributed by atoms with Crippen LogP contribution in [-0.2, 0) is 16.1 Å². The molecule has 1 N–H and O–H groups in total. The van der Waals surface area contributed by atoms with Crippen molar-refractivity contribution in [2.45, 2.75) is 51.9 Å². The first kappa shape index (κ1) is 19.8. The molecule has 6 nitrogen and oxygen atoms in total. The van der Waals surface area contributed by atoms with Crippen LogP contribution in [-0.4, -0.2) is 41.3 Å². The molecule has 2 amide bonds. The van der Waals surface area contributed by atoms with Crippen molar-refractivity contribution in [3.8, 4) is 0 Å². The van der Waals surface area contributed by atoms with Gasteiger partial charge in [0.15, 0.2) is 0 Å². The van der Waals surface area contributed by atoms with Crippen LogP contribution in [0, 0.1) is 0 Å². The number of alkyl carbamates (subject to hydrolysis) is 1. The molecule has 1 atom stereocenters. The number of nitrogens with zero attached hydrogens (tertiary/aromatic N) is 1. The van der Waals surface area contributed by atoms with E-state index >= 15 is 0 Å². The normalized spacial score (nSPS) is 20.5. The third kappa shape index (κ3) is 5.51. The number of hydrogen-bond acceptors (Lipinski definition) is 4. The van der Waals surface area contributed by atoms with Crippen molar-refractivity contribution in [1.29, 1.82) is 0 Å². The Balaban J connectivity index is 1.96. The standard InChI is InChI=1S/C20H28N2O4/c1-15-11-12-22(18(24)25-13-16-9-7-6-8-10-16)14-20(15,5)21-17(23)26-19(2,3)4/h6-10H,1,11-14H2,2-5H3,(H,21,23). The second-order valence-corrected chi connectivity index (χ2v) is 7.77. The number of nitrogens with one attached hydrogen (secondary N) is 1. The second-order valence-electron chi connectivity index (χ2n) is 7.77. The predicted octanol–water partition coefficient (Wildman–Crippen LogP) is 3.87. The quantitative estimate of drug-likeness (QED) is 0.831. The lowest BCUT2D eigenvalue weighted by Gasteiger charge is -2.42. The van der Waals surface area contributed by atoms with Crippen molar-refractivity contribution in [2.75, 3.05) is 13.1 Å². The van der Waals surface area contributed by atoms with Crippen LogP contribution in [0.2, 0.25) is 0 Å². The maximum Gasteiger partial charge on any atom is 0.410 e. The molecule has 0 radical (unpaired) electrons. The number of likely N-dealkylation sites (tertiary alicyclic amines) is 1. The lowest BCUT2D eigenvalue weighted by Crippen LogP contribution is -2.59. The molecule has 26 heavy (non-hydrogen) atoms. The molecule has 1 aliphatic rings.